The van der Waals surface area contributed by atoms with E-state index in [1.54, 1.807) is 18.5 Å². The van der Waals surface area contributed by atoms with Crippen LogP contribution < -0.4 is 0 Å². The monoisotopic (exact) mass is 376 g/mol. The van der Waals surface area contributed by atoms with Crippen molar-refractivity contribution in [1.82, 2.24) is 0 Å². The molecule has 0 aromatic heterocycles. The summed E-state index contributed by atoms with van der Waals surface area (Å²) in [6, 6.07) is 0. The van der Waals surface area contributed by atoms with Crippen molar-refractivity contribution >= 4 is 7.92 Å². The smallest absolute Gasteiger partial charge is 0 e. The third-order valence-electron chi connectivity index (χ3n) is 2.48. The van der Waals surface area contributed by atoms with Crippen LogP contribution in [0.25, 0.3) is 0 Å². The zero-order valence-corrected chi connectivity index (χ0v) is 12.7. The Morgan fingerprint density at radius 3 is 1.14 bits per heavy atom. The average molecular weight is 375 g/mol. The zero-order valence-electron chi connectivity index (χ0n) is 10.1. The van der Waals surface area contributed by atoms with E-state index in [2.05, 4.69) is 20.8 Å². The quantitative estimate of drug-likeness (QED) is 0.505. The topological polar surface area (TPSA) is 0 Å². The second-order valence-corrected chi connectivity index (χ2v) is 6.59. The zero-order chi connectivity index (χ0) is 9.94. The van der Waals surface area contributed by atoms with Gasteiger partial charge in [-0.2, -0.15) is 0 Å². The van der Waals surface area contributed by atoms with E-state index < -0.39 is 0 Å². The second kappa shape index (κ2) is 14.9. The Kier molecular flexibility index (Phi) is 19.6. The SMILES string of the molecule is CCCCP(CCCC)CCCC.[Yb]. The maximum Gasteiger partial charge on any atom is 0 e. The van der Waals surface area contributed by atoms with E-state index in [-0.39, 0.29) is 46.9 Å². The fraction of sp³-hybridized carbons (Fsp3) is 1.00. The van der Waals surface area contributed by atoms with E-state index in [9.17, 15) is 0 Å². The van der Waals surface area contributed by atoms with E-state index in [1.807, 2.05) is 0 Å². The van der Waals surface area contributed by atoms with Crippen LogP contribution in [0.1, 0.15) is 59.3 Å². The Hall–Kier alpha value is 1.95. The van der Waals surface area contributed by atoms with Crippen molar-refractivity contribution < 1.29 is 46.9 Å². The maximum absolute atomic E-state index is 2.31. The molecule has 0 N–H and O–H groups in total. The van der Waals surface area contributed by atoms with Gasteiger partial charge >= 0.3 is 0 Å². The predicted octanol–water partition coefficient (Wildman–Crippen LogP) is 4.87. The molecule has 0 aliphatic heterocycles. The van der Waals surface area contributed by atoms with Gasteiger partial charge in [0.1, 0.15) is 0 Å². The van der Waals surface area contributed by atoms with Gasteiger partial charge in [-0.15, -0.1) is 7.92 Å². The number of hydrogen-bond acceptors (Lipinski definition) is 0. The minimum Gasteiger partial charge on any atom is -0.107 e. The molecule has 2 heteroatoms. The van der Waals surface area contributed by atoms with Crippen LogP contribution in [-0.4, -0.2) is 18.5 Å². The molecule has 0 spiro atoms. The van der Waals surface area contributed by atoms with Gasteiger partial charge in [0.05, 0.1) is 0 Å². The second-order valence-electron chi connectivity index (χ2n) is 3.90. The van der Waals surface area contributed by atoms with Crippen molar-refractivity contribution in [2.24, 2.45) is 0 Å². The summed E-state index contributed by atoms with van der Waals surface area (Å²) in [7, 11) is 0.422. The van der Waals surface area contributed by atoms with Gasteiger partial charge in [0.2, 0.25) is 0 Å². The first-order chi connectivity index (χ1) is 6.35. The molecule has 0 heterocycles. The van der Waals surface area contributed by atoms with Crippen LogP contribution in [0.15, 0.2) is 0 Å². The summed E-state index contributed by atoms with van der Waals surface area (Å²) < 4.78 is 0. The minimum atomic E-state index is 0. The molecule has 0 nitrogen and oxygen atoms in total. The predicted molar refractivity (Wildman–Crippen MR) is 66.2 cm³/mol. The molecule has 14 heavy (non-hydrogen) atoms. The molecular weight excluding hydrogens is 348 g/mol. The van der Waals surface area contributed by atoms with Crippen LogP contribution in [0, 0.1) is 46.9 Å². The molecule has 0 unspecified atom stereocenters. The third-order valence-corrected chi connectivity index (χ3v) is 5.33. The summed E-state index contributed by atoms with van der Waals surface area (Å²) in [6.07, 6.45) is 13.2. The molecule has 0 saturated carbocycles. The van der Waals surface area contributed by atoms with Crippen LogP contribution in [0.5, 0.6) is 0 Å². The van der Waals surface area contributed by atoms with Crippen molar-refractivity contribution in [2.45, 2.75) is 59.3 Å². The Labute approximate surface area is 131 Å². The number of unbranched alkanes of at least 4 members (excludes halogenated alkanes) is 3. The van der Waals surface area contributed by atoms with Crippen molar-refractivity contribution in [1.29, 1.82) is 0 Å². The Bertz CT molecular complexity index is 77.3. The summed E-state index contributed by atoms with van der Waals surface area (Å²) >= 11 is 0. The van der Waals surface area contributed by atoms with E-state index in [4.69, 9.17) is 0 Å². The molecule has 0 radical (unpaired) electrons. The Morgan fingerprint density at radius 1 is 0.643 bits per heavy atom. The van der Waals surface area contributed by atoms with Gasteiger partial charge < -0.3 is 0 Å². The molecule has 0 atom stereocenters. The molecule has 0 aliphatic rings. The molecule has 0 aromatic rings. The van der Waals surface area contributed by atoms with E-state index in [0.29, 0.717) is 7.92 Å². The fourth-order valence-electron chi connectivity index (χ4n) is 1.48. The van der Waals surface area contributed by atoms with Gasteiger partial charge in [-0.05, 0) is 37.7 Å². The molecule has 0 aliphatic carbocycles. The molecule has 0 amide bonds. The molecular formula is C12H27PYb. The van der Waals surface area contributed by atoms with Gasteiger partial charge in [-0.3, -0.25) is 0 Å². The summed E-state index contributed by atoms with van der Waals surface area (Å²) in [5.74, 6) is 0. The van der Waals surface area contributed by atoms with Crippen LogP contribution in [0.4, 0.5) is 0 Å². The van der Waals surface area contributed by atoms with Crippen molar-refractivity contribution in [2.75, 3.05) is 18.5 Å². The van der Waals surface area contributed by atoms with E-state index >= 15 is 0 Å². The average Bonchev–Trinajstić information content (AvgIpc) is 2.17. The first kappa shape index (κ1) is 18.3. The van der Waals surface area contributed by atoms with Crippen LogP contribution in [0.2, 0.25) is 0 Å². The minimum absolute atomic E-state index is 0. The van der Waals surface area contributed by atoms with Gasteiger partial charge in [0, 0.05) is 46.9 Å². The summed E-state index contributed by atoms with van der Waals surface area (Å²) in [6.45, 7) is 6.94. The van der Waals surface area contributed by atoms with Gasteiger partial charge in [-0.25, -0.2) is 0 Å². The fourth-order valence-corrected chi connectivity index (χ4v) is 4.44. The normalized spacial score (nSPS) is 10.3. The molecule has 0 fully saturated rings. The van der Waals surface area contributed by atoms with Crippen LogP contribution >= 0.6 is 7.92 Å². The summed E-state index contributed by atoms with van der Waals surface area (Å²) in [5.41, 5.74) is 0. The maximum atomic E-state index is 2.31. The largest absolute Gasteiger partial charge is 0.107 e. The summed E-state index contributed by atoms with van der Waals surface area (Å²) in [5, 5.41) is 0. The van der Waals surface area contributed by atoms with Crippen molar-refractivity contribution in [3.63, 3.8) is 0 Å². The van der Waals surface area contributed by atoms with Crippen molar-refractivity contribution in [3.05, 3.63) is 0 Å². The summed E-state index contributed by atoms with van der Waals surface area (Å²) in [4.78, 5) is 0. The molecule has 0 aromatic carbocycles. The first-order valence-electron chi connectivity index (χ1n) is 6.07. The van der Waals surface area contributed by atoms with Crippen LogP contribution in [0.3, 0.4) is 0 Å². The third kappa shape index (κ3) is 12.0. The molecule has 0 rings (SSSR count). The molecule has 0 bridgehead atoms. The standard InChI is InChI=1S/C12H27P.Yb/c1-4-7-10-13(11-8-5-2)12-9-6-3;/h4-12H2,1-3H3;. The van der Waals surface area contributed by atoms with Gasteiger partial charge in [0.25, 0.3) is 0 Å². The number of hydrogen-bond donors (Lipinski definition) is 0. The van der Waals surface area contributed by atoms with Gasteiger partial charge in [-0.1, -0.05) is 40.0 Å². The van der Waals surface area contributed by atoms with E-state index in [0.717, 1.165) is 0 Å². The Morgan fingerprint density at radius 2 is 0.929 bits per heavy atom. The molecule has 0 saturated heterocycles. The van der Waals surface area contributed by atoms with Crippen molar-refractivity contribution in [3.8, 4) is 0 Å². The number of rotatable bonds is 9. The first-order valence-corrected chi connectivity index (χ1v) is 7.97. The van der Waals surface area contributed by atoms with Crippen LogP contribution in [-0.2, 0) is 0 Å². The molecule has 94 valence electrons. The van der Waals surface area contributed by atoms with E-state index in [1.165, 1.54) is 38.5 Å². The Balaban J connectivity index is 0. The van der Waals surface area contributed by atoms with Gasteiger partial charge in [0.15, 0.2) is 0 Å².